The van der Waals surface area contributed by atoms with E-state index in [4.69, 9.17) is 4.84 Å². The molecule has 1 saturated heterocycles. The highest BCUT2D eigenvalue weighted by atomic mass is 32.2. The van der Waals surface area contributed by atoms with Gasteiger partial charge in [-0.05, 0) is 69.0 Å². The predicted octanol–water partition coefficient (Wildman–Crippen LogP) is 6.06. The lowest BCUT2D eigenvalue weighted by Gasteiger charge is -2.27. The van der Waals surface area contributed by atoms with E-state index in [1.54, 1.807) is 24.3 Å². The number of fused-ring (bicyclic) bond motifs is 2. The summed E-state index contributed by atoms with van der Waals surface area (Å²) in [6.07, 6.45) is 15.7. The average molecular weight is 917 g/mol. The molecule has 2 aromatic rings. The van der Waals surface area contributed by atoms with Crippen molar-refractivity contribution in [3.8, 4) is 0 Å². The zero-order chi connectivity index (χ0) is 45.7. The molecule has 19 heteroatoms. The summed E-state index contributed by atoms with van der Waals surface area (Å²) in [6, 6.07) is 10.3. The second-order valence-electron chi connectivity index (χ2n) is 16.4. The van der Waals surface area contributed by atoms with Gasteiger partial charge in [0.25, 0.3) is 42.2 Å². The molecule has 3 N–H and O–H groups in total. The van der Waals surface area contributed by atoms with Crippen LogP contribution in [0.3, 0.4) is 0 Å². The molecule has 3 aliphatic heterocycles. The number of hydrogen-bond donors (Lipinski definition) is 3. The number of benzene rings is 2. The van der Waals surface area contributed by atoms with Crippen LogP contribution < -0.4 is 4.90 Å². The molecule has 0 saturated carbocycles. The molecular weight excluding hydrogens is 863 g/mol. The Kier molecular flexibility index (Phi) is 15.0. The molecule has 0 radical (unpaired) electrons. The summed E-state index contributed by atoms with van der Waals surface area (Å²) >= 11 is 0. The Labute approximate surface area is 363 Å². The van der Waals surface area contributed by atoms with Crippen LogP contribution in [0.5, 0.6) is 0 Å². The van der Waals surface area contributed by atoms with Crippen molar-refractivity contribution < 1.29 is 62.7 Å². The molecule has 1 atom stereocenters. The molecule has 1 unspecified atom stereocenters. The SMILES string of the molecule is Cc1ccc2c(c1)C(C)(CCCCCC(=O)ON1C(=O)CCC1=O)C(/C=C/C=C/C=C/C=C1/N(CCCS(=O)(=O)O)c3ccc(S(=O)(=O)O)cc3C1(C)C)=[N+]2CCCS(=O)(=O)O. The van der Waals surface area contributed by atoms with E-state index in [9.17, 15) is 53.3 Å². The summed E-state index contributed by atoms with van der Waals surface area (Å²) < 4.78 is 101. The number of anilines is 1. The number of nitrogens with zero attached hydrogens (tertiary/aromatic N) is 3. The van der Waals surface area contributed by atoms with Crippen molar-refractivity contribution in [1.29, 1.82) is 0 Å². The molecule has 5 rings (SSSR count). The van der Waals surface area contributed by atoms with E-state index >= 15 is 0 Å². The summed E-state index contributed by atoms with van der Waals surface area (Å²) in [5.41, 5.74) is 4.61. The molecule has 336 valence electrons. The molecule has 16 nitrogen and oxygen atoms in total. The monoisotopic (exact) mass is 916 g/mol. The summed E-state index contributed by atoms with van der Waals surface area (Å²) in [4.78, 5) is 42.7. The molecule has 3 heterocycles. The van der Waals surface area contributed by atoms with Gasteiger partial charge in [-0.2, -0.15) is 29.8 Å². The largest absolute Gasteiger partial charge is 0.344 e. The smallest absolute Gasteiger partial charge is 0.333 e. The van der Waals surface area contributed by atoms with Gasteiger partial charge in [-0.1, -0.05) is 68.7 Å². The minimum atomic E-state index is -4.49. The fourth-order valence-electron chi connectivity index (χ4n) is 8.25. The first-order valence-corrected chi connectivity index (χ1v) is 24.9. The van der Waals surface area contributed by atoms with Crippen molar-refractivity contribution in [2.75, 3.05) is 29.5 Å². The van der Waals surface area contributed by atoms with E-state index in [-0.39, 0.29) is 43.5 Å². The summed E-state index contributed by atoms with van der Waals surface area (Å²) in [5, 5.41) is 0.544. The quantitative estimate of drug-likeness (QED) is 0.0451. The third-order valence-electron chi connectivity index (χ3n) is 11.3. The number of imide groups is 1. The van der Waals surface area contributed by atoms with Crippen molar-refractivity contribution in [2.45, 2.75) is 101 Å². The lowest BCUT2D eigenvalue weighted by atomic mass is 9.75. The van der Waals surface area contributed by atoms with E-state index in [0.29, 0.717) is 48.5 Å². The third-order valence-corrected chi connectivity index (χ3v) is 13.8. The maximum absolute atomic E-state index is 12.4. The first-order valence-electron chi connectivity index (χ1n) is 20.3. The number of allylic oxidation sites excluding steroid dienone is 8. The van der Waals surface area contributed by atoms with Gasteiger partial charge in [0.15, 0.2) is 5.71 Å². The third kappa shape index (κ3) is 11.8. The normalized spacial score (nSPS) is 19.9. The Hall–Kier alpha value is -4.79. The number of hydrogen-bond acceptors (Lipinski definition) is 11. The van der Waals surface area contributed by atoms with Crippen LogP contribution in [0.1, 0.15) is 95.2 Å². The Bertz CT molecular complexity index is 2580. The van der Waals surface area contributed by atoms with Gasteiger partial charge in [0, 0.05) is 66.7 Å². The zero-order valence-electron chi connectivity index (χ0n) is 35.2. The maximum Gasteiger partial charge on any atom is 0.333 e. The fraction of sp³-hybridized carbons (Fsp3) is 0.442. The number of carbonyl (C=O) groups excluding carboxylic acids is 3. The summed E-state index contributed by atoms with van der Waals surface area (Å²) in [6.45, 7) is 8.39. The number of unbranched alkanes of at least 4 members (excludes halogenated alkanes) is 2. The van der Waals surface area contributed by atoms with Gasteiger partial charge in [-0.3, -0.25) is 23.2 Å². The second kappa shape index (κ2) is 19.3. The van der Waals surface area contributed by atoms with Gasteiger partial charge < -0.3 is 9.74 Å². The van der Waals surface area contributed by atoms with Crippen LogP contribution in [-0.2, 0) is 60.4 Å². The topological polar surface area (TPSA) is 233 Å². The highest BCUT2D eigenvalue weighted by Crippen LogP contribution is 2.49. The van der Waals surface area contributed by atoms with Gasteiger partial charge in [0.1, 0.15) is 6.54 Å². The molecule has 62 heavy (non-hydrogen) atoms. The van der Waals surface area contributed by atoms with Crippen molar-refractivity contribution in [3.05, 3.63) is 101 Å². The van der Waals surface area contributed by atoms with Crippen LogP contribution in [0.4, 0.5) is 11.4 Å². The standard InChI is InChI=1S/C43H53N3O13S3/c1-31-18-20-36-34(29-31)43(4,24-12-8-11-17-41(49)59-46-39(47)22-23-40(46)48)38(45(36)26-14-28-61(53,54)55)16-10-7-5-6-9-15-37-42(2,3)33-30-32(62(56,57)58)19-21-35(33)44(37)25-13-27-60(50,51)52/h5-7,9-10,15-16,18-21,29-30H,8,11-14,17,22-28H2,1-4H3,(H2-,50,51,52,53,54,55,56,57,58)/p+1. The molecule has 0 bridgehead atoms. The van der Waals surface area contributed by atoms with Gasteiger partial charge in [0.05, 0.1) is 21.8 Å². The number of aryl methyl sites for hydroxylation is 1. The van der Waals surface area contributed by atoms with Crippen molar-refractivity contribution in [3.63, 3.8) is 0 Å². The molecule has 2 amide bonds. The second-order valence-corrected chi connectivity index (χ2v) is 21.0. The van der Waals surface area contributed by atoms with Crippen LogP contribution in [0.25, 0.3) is 0 Å². The number of rotatable bonds is 20. The van der Waals surface area contributed by atoms with Gasteiger partial charge in [-0.15, -0.1) is 5.06 Å². The highest BCUT2D eigenvalue weighted by Gasteiger charge is 2.47. The van der Waals surface area contributed by atoms with E-state index in [2.05, 4.69) is 17.6 Å². The highest BCUT2D eigenvalue weighted by molar-refractivity contribution is 7.86. The van der Waals surface area contributed by atoms with E-state index < -0.39 is 70.5 Å². The molecule has 0 spiro atoms. The van der Waals surface area contributed by atoms with Crippen LogP contribution in [0.15, 0.2) is 89.5 Å². The van der Waals surface area contributed by atoms with Crippen LogP contribution in [0, 0.1) is 6.92 Å². The number of amides is 2. The van der Waals surface area contributed by atoms with E-state index in [1.165, 1.54) is 12.1 Å². The van der Waals surface area contributed by atoms with Crippen LogP contribution in [0.2, 0.25) is 0 Å². The van der Waals surface area contributed by atoms with Crippen molar-refractivity contribution >= 4 is 65.2 Å². The van der Waals surface area contributed by atoms with Crippen LogP contribution >= 0.6 is 0 Å². The first kappa shape index (κ1) is 48.2. The Morgan fingerprint density at radius 1 is 0.790 bits per heavy atom. The predicted molar refractivity (Wildman–Crippen MR) is 233 cm³/mol. The van der Waals surface area contributed by atoms with Crippen molar-refractivity contribution in [2.24, 2.45) is 0 Å². The van der Waals surface area contributed by atoms with Gasteiger partial charge in [-0.25, -0.2) is 4.79 Å². The number of hydroxylamine groups is 2. The molecular formula is C43H54N3O13S3+. The van der Waals surface area contributed by atoms with Crippen molar-refractivity contribution in [1.82, 2.24) is 5.06 Å². The number of carbonyl (C=O) groups is 3. The van der Waals surface area contributed by atoms with E-state index in [1.807, 2.05) is 62.1 Å². The van der Waals surface area contributed by atoms with Gasteiger partial charge in [0.2, 0.25) is 5.69 Å². The lowest BCUT2D eigenvalue weighted by Crippen LogP contribution is -2.32. The molecule has 0 aliphatic carbocycles. The lowest BCUT2D eigenvalue weighted by molar-refractivity contribution is -0.437. The van der Waals surface area contributed by atoms with Crippen LogP contribution in [-0.4, -0.2) is 96.6 Å². The minimum absolute atomic E-state index is 0.0155. The fourth-order valence-corrected chi connectivity index (χ4v) is 9.75. The van der Waals surface area contributed by atoms with Gasteiger partial charge >= 0.3 is 5.97 Å². The van der Waals surface area contributed by atoms with E-state index in [0.717, 1.165) is 28.2 Å². The Morgan fingerprint density at radius 2 is 1.44 bits per heavy atom. The molecule has 2 aromatic carbocycles. The first-order chi connectivity index (χ1) is 28.9. The Morgan fingerprint density at radius 3 is 2.10 bits per heavy atom. The summed E-state index contributed by atoms with van der Waals surface area (Å²) in [5.74, 6) is -2.60. The zero-order valence-corrected chi connectivity index (χ0v) is 37.6. The average Bonchev–Trinajstić information content (AvgIpc) is 3.68. The maximum atomic E-state index is 12.4. The minimum Gasteiger partial charge on any atom is -0.344 e. The molecule has 0 aromatic heterocycles. The Balaban J connectivity index is 1.36. The molecule has 3 aliphatic rings. The summed E-state index contributed by atoms with van der Waals surface area (Å²) in [7, 11) is -12.9. The molecule has 1 fully saturated rings.